The van der Waals surface area contributed by atoms with Crippen LogP contribution in [0.3, 0.4) is 0 Å². The number of aryl methyl sites for hydroxylation is 1. The highest BCUT2D eigenvalue weighted by molar-refractivity contribution is 9.10. The second kappa shape index (κ2) is 3.51. The Labute approximate surface area is 86.5 Å². The fourth-order valence-electron chi connectivity index (χ4n) is 2.00. The second-order valence-electron chi connectivity index (χ2n) is 3.39. The molecule has 2 heteroatoms. The van der Waals surface area contributed by atoms with Gasteiger partial charge in [0.05, 0.1) is 12.5 Å². The Morgan fingerprint density at radius 1 is 1.38 bits per heavy atom. The zero-order chi connectivity index (χ0) is 9.26. The van der Waals surface area contributed by atoms with Gasteiger partial charge in [0.2, 0.25) is 0 Å². The lowest BCUT2D eigenvalue weighted by Gasteiger charge is -2.05. The zero-order valence-electron chi connectivity index (χ0n) is 7.31. The molecule has 0 aromatic heterocycles. The molecule has 0 unspecified atom stereocenters. The molecular weight excluding hydrogens is 226 g/mol. The van der Waals surface area contributed by atoms with Crippen molar-refractivity contribution in [3.63, 3.8) is 0 Å². The maximum Gasteiger partial charge on any atom is 0.0669 e. The molecule has 13 heavy (non-hydrogen) atoms. The number of nitrogens with zero attached hydrogens (tertiary/aromatic N) is 1. The van der Waals surface area contributed by atoms with E-state index >= 15 is 0 Å². The van der Waals surface area contributed by atoms with Gasteiger partial charge in [-0.1, -0.05) is 15.9 Å². The van der Waals surface area contributed by atoms with E-state index in [9.17, 15) is 0 Å². The maximum atomic E-state index is 8.68. The standard InChI is InChI=1S/C11H10BrN/c12-10-6-8-2-1-3-11(8)9(7-10)4-5-13/h6-7H,1-4H2. The molecule has 66 valence electrons. The fraction of sp³-hybridized carbons (Fsp3) is 0.364. The number of fused-ring (bicyclic) bond motifs is 1. The highest BCUT2D eigenvalue weighted by Gasteiger charge is 2.15. The van der Waals surface area contributed by atoms with Gasteiger partial charge >= 0.3 is 0 Å². The molecule has 0 bridgehead atoms. The van der Waals surface area contributed by atoms with Crippen molar-refractivity contribution in [1.29, 1.82) is 5.26 Å². The normalized spacial score (nSPS) is 13.8. The summed E-state index contributed by atoms with van der Waals surface area (Å²) in [6.45, 7) is 0. The average molecular weight is 236 g/mol. The minimum absolute atomic E-state index is 0.543. The van der Waals surface area contributed by atoms with E-state index in [1.807, 2.05) is 0 Å². The topological polar surface area (TPSA) is 23.8 Å². The van der Waals surface area contributed by atoms with Crippen LogP contribution in [-0.4, -0.2) is 0 Å². The molecule has 0 fully saturated rings. The Hall–Kier alpha value is -0.810. The molecule has 0 saturated heterocycles. The third-order valence-corrected chi connectivity index (χ3v) is 3.00. The van der Waals surface area contributed by atoms with Crippen LogP contribution in [-0.2, 0) is 19.3 Å². The fourth-order valence-corrected chi connectivity index (χ4v) is 2.55. The highest BCUT2D eigenvalue weighted by Crippen LogP contribution is 2.29. The van der Waals surface area contributed by atoms with Crippen molar-refractivity contribution >= 4 is 15.9 Å². The quantitative estimate of drug-likeness (QED) is 0.735. The SMILES string of the molecule is N#CCc1cc(Br)cc2c1CCC2. The third kappa shape index (κ3) is 1.62. The molecule has 0 heterocycles. The predicted molar refractivity (Wildman–Crippen MR) is 55.5 cm³/mol. The highest BCUT2D eigenvalue weighted by atomic mass is 79.9. The smallest absolute Gasteiger partial charge is 0.0669 e. The Kier molecular flexibility index (Phi) is 2.37. The Balaban J connectivity index is 2.50. The van der Waals surface area contributed by atoms with E-state index in [-0.39, 0.29) is 0 Å². The van der Waals surface area contributed by atoms with Gasteiger partial charge < -0.3 is 0 Å². The predicted octanol–water partition coefficient (Wildman–Crippen LogP) is 3.00. The average Bonchev–Trinajstić information content (AvgIpc) is 2.52. The van der Waals surface area contributed by atoms with Crippen LogP contribution in [0.1, 0.15) is 23.1 Å². The van der Waals surface area contributed by atoms with Crippen LogP contribution in [0, 0.1) is 11.3 Å². The van der Waals surface area contributed by atoms with E-state index in [1.165, 1.54) is 29.5 Å². The summed E-state index contributed by atoms with van der Waals surface area (Å²) in [5.74, 6) is 0. The van der Waals surface area contributed by atoms with Crippen molar-refractivity contribution in [2.24, 2.45) is 0 Å². The van der Waals surface area contributed by atoms with Crippen molar-refractivity contribution in [2.75, 3.05) is 0 Å². The molecule has 2 rings (SSSR count). The summed E-state index contributed by atoms with van der Waals surface area (Å²) < 4.78 is 1.11. The van der Waals surface area contributed by atoms with Crippen molar-refractivity contribution in [2.45, 2.75) is 25.7 Å². The zero-order valence-corrected chi connectivity index (χ0v) is 8.89. The summed E-state index contributed by atoms with van der Waals surface area (Å²) in [6.07, 6.45) is 4.11. The van der Waals surface area contributed by atoms with Gasteiger partial charge in [0, 0.05) is 4.47 Å². The van der Waals surface area contributed by atoms with E-state index in [0.717, 1.165) is 10.9 Å². The molecule has 0 atom stereocenters. The Bertz CT molecular complexity index is 376. The molecule has 0 aliphatic heterocycles. The molecule has 0 spiro atoms. The number of rotatable bonds is 1. The van der Waals surface area contributed by atoms with E-state index in [2.05, 4.69) is 34.1 Å². The summed E-state index contributed by atoms with van der Waals surface area (Å²) in [5.41, 5.74) is 4.06. The van der Waals surface area contributed by atoms with Crippen molar-refractivity contribution in [3.8, 4) is 6.07 Å². The minimum atomic E-state index is 0.543. The Morgan fingerprint density at radius 2 is 2.23 bits per heavy atom. The van der Waals surface area contributed by atoms with E-state index in [0.29, 0.717) is 6.42 Å². The molecule has 0 radical (unpaired) electrons. The van der Waals surface area contributed by atoms with Crippen molar-refractivity contribution in [1.82, 2.24) is 0 Å². The first kappa shape index (κ1) is 8.77. The van der Waals surface area contributed by atoms with Gasteiger partial charge in [-0.2, -0.15) is 5.26 Å². The van der Waals surface area contributed by atoms with Crippen LogP contribution >= 0.6 is 15.9 Å². The van der Waals surface area contributed by atoms with Crippen LogP contribution in [0.5, 0.6) is 0 Å². The van der Waals surface area contributed by atoms with E-state index in [1.54, 1.807) is 0 Å². The summed E-state index contributed by atoms with van der Waals surface area (Å²) in [5, 5.41) is 8.68. The first-order chi connectivity index (χ1) is 6.31. The summed E-state index contributed by atoms with van der Waals surface area (Å²) >= 11 is 3.48. The molecular formula is C11H10BrN. The molecule has 0 saturated carbocycles. The number of hydrogen-bond donors (Lipinski definition) is 0. The van der Waals surface area contributed by atoms with Gasteiger partial charge in [0.25, 0.3) is 0 Å². The van der Waals surface area contributed by atoms with Gasteiger partial charge in [0.15, 0.2) is 0 Å². The van der Waals surface area contributed by atoms with Gasteiger partial charge in [-0.3, -0.25) is 0 Å². The van der Waals surface area contributed by atoms with Gasteiger partial charge in [-0.15, -0.1) is 0 Å². The number of halogens is 1. The third-order valence-electron chi connectivity index (χ3n) is 2.54. The summed E-state index contributed by atoms with van der Waals surface area (Å²) in [7, 11) is 0. The van der Waals surface area contributed by atoms with E-state index in [4.69, 9.17) is 5.26 Å². The molecule has 0 N–H and O–H groups in total. The first-order valence-corrected chi connectivity index (χ1v) is 5.27. The number of nitriles is 1. The maximum absolute atomic E-state index is 8.68. The lowest BCUT2D eigenvalue weighted by atomic mass is 10.0. The number of hydrogen-bond acceptors (Lipinski definition) is 1. The molecule has 1 aliphatic rings. The second-order valence-corrected chi connectivity index (χ2v) is 4.31. The van der Waals surface area contributed by atoms with Gasteiger partial charge in [0.1, 0.15) is 0 Å². The van der Waals surface area contributed by atoms with Gasteiger partial charge in [-0.05, 0) is 48.1 Å². The monoisotopic (exact) mass is 235 g/mol. The Morgan fingerprint density at radius 3 is 3.00 bits per heavy atom. The molecule has 1 aromatic carbocycles. The molecule has 0 amide bonds. The van der Waals surface area contributed by atoms with Gasteiger partial charge in [-0.25, -0.2) is 0 Å². The van der Waals surface area contributed by atoms with Crippen LogP contribution < -0.4 is 0 Å². The van der Waals surface area contributed by atoms with Crippen LogP contribution in [0.4, 0.5) is 0 Å². The van der Waals surface area contributed by atoms with Crippen LogP contribution in [0.25, 0.3) is 0 Å². The molecule has 1 aromatic rings. The number of benzene rings is 1. The lowest BCUT2D eigenvalue weighted by Crippen LogP contribution is -1.92. The summed E-state index contributed by atoms with van der Waals surface area (Å²) in [4.78, 5) is 0. The largest absolute Gasteiger partial charge is 0.198 e. The minimum Gasteiger partial charge on any atom is -0.198 e. The molecule has 1 aliphatic carbocycles. The first-order valence-electron chi connectivity index (χ1n) is 4.48. The van der Waals surface area contributed by atoms with Crippen LogP contribution in [0.2, 0.25) is 0 Å². The van der Waals surface area contributed by atoms with Crippen molar-refractivity contribution in [3.05, 3.63) is 33.3 Å². The van der Waals surface area contributed by atoms with Crippen LogP contribution in [0.15, 0.2) is 16.6 Å². The summed E-state index contributed by atoms with van der Waals surface area (Å²) in [6, 6.07) is 6.48. The molecule has 1 nitrogen and oxygen atoms in total. The van der Waals surface area contributed by atoms with Crippen molar-refractivity contribution < 1.29 is 0 Å². The lowest BCUT2D eigenvalue weighted by molar-refractivity contribution is 0.907. The van der Waals surface area contributed by atoms with E-state index < -0.39 is 0 Å².